The summed E-state index contributed by atoms with van der Waals surface area (Å²) in [5.41, 5.74) is 1.40. The van der Waals surface area contributed by atoms with Gasteiger partial charge in [0, 0.05) is 17.3 Å². The predicted octanol–water partition coefficient (Wildman–Crippen LogP) is 4.50. The summed E-state index contributed by atoms with van der Waals surface area (Å²) in [7, 11) is 0. The van der Waals surface area contributed by atoms with E-state index in [0.29, 0.717) is 0 Å². The van der Waals surface area contributed by atoms with Crippen molar-refractivity contribution in [2.24, 2.45) is 5.92 Å². The van der Waals surface area contributed by atoms with E-state index in [0.717, 1.165) is 19.0 Å². The van der Waals surface area contributed by atoms with Gasteiger partial charge in [-0.2, -0.15) is 0 Å². The average Bonchev–Trinajstić information content (AvgIpc) is 2.85. The largest absolute Gasteiger partial charge is 0.310 e. The SMILES string of the molecule is CC(C)(C)c1csc(CNCCC2CCCCC2)n1. The van der Waals surface area contributed by atoms with Crippen LogP contribution in [0.5, 0.6) is 0 Å². The summed E-state index contributed by atoms with van der Waals surface area (Å²) < 4.78 is 0. The lowest BCUT2D eigenvalue weighted by Crippen LogP contribution is -2.19. The smallest absolute Gasteiger partial charge is 0.107 e. The van der Waals surface area contributed by atoms with E-state index in [1.165, 1.54) is 49.2 Å². The summed E-state index contributed by atoms with van der Waals surface area (Å²) in [5, 5.41) is 7.00. The third-order valence-corrected chi connectivity index (χ3v) is 4.90. The Labute approximate surface area is 122 Å². The normalized spacial score (nSPS) is 17.8. The lowest BCUT2D eigenvalue weighted by molar-refractivity contribution is 0.334. The topological polar surface area (TPSA) is 24.9 Å². The Morgan fingerprint density at radius 1 is 1.26 bits per heavy atom. The van der Waals surface area contributed by atoms with Crippen LogP contribution in [0.1, 0.15) is 70.0 Å². The van der Waals surface area contributed by atoms with Gasteiger partial charge >= 0.3 is 0 Å². The van der Waals surface area contributed by atoms with Crippen molar-refractivity contribution >= 4 is 11.3 Å². The van der Waals surface area contributed by atoms with E-state index < -0.39 is 0 Å². The first-order valence-corrected chi connectivity index (χ1v) is 8.59. The van der Waals surface area contributed by atoms with Gasteiger partial charge in [-0.25, -0.2) is 4.98 Å². The Kier molecular flexibility index (Phi) is 5.40. The molecule has 0 bridgehead atoms. The number of nitrogens with zero attached hydrogens (tertiary/aromatic N) is 1. The highest BCUT2D eigenvalue weighted by atomic mass is 32.1. The highest BCUT2D eigenvalue weighted by Crippen LogP contribution is 2.26. The minimum atomic E-state index is 0.177. The van der Waals surface area contributed by atoms with Crippen LogP contribution in [0.15, 0.2) is 5.38 Å². The van der Waals surface area contributed by atoms with Gasteiger partial charge in [0.1, 0.15) is 5.01 Å². The molecule has 1 heterocycles. The quantitative estimate of drug-likeness (QED) is 0.803. The second-order valence-corrected chi connectivity index (χ2v) is 7.79. The van der Waals surface area contributed by atoms with E-state index >= 15 is 0 Å². The molecule has 0 amide bonds. The highest BCUT2D eigenvalue weighted by Gasteiger charge is 2.17. The number of aromatic nitrogens is 1. The molecule has 0 aromatic carbocycles. The van der Waals surface area contributed by atoms with E-state index in [1.807, 2.05) is 0 Å². The lowest BCUT2D eigenvalue weighted by atomic mass is 9.87. The second kappa shape index (κ2) is 6.85. The standard InChI is InChI=1S/C16H28N2S/c1-16(2,3)14-12-19-15(18-14)11-17-10-9-13-7-5-4-6-8-13/h12-13,17H,4-11H2,1-3H3. The molecule has 1 aliphatic rings. The van der Waals surface area contributed by atoms with Crippen LogP contribution in [0.2, 0.25) is 0 Å². The van der Waals surface area contributed by atoms with Gasteiger partial charge in [-0.3, -0.25) is 0 Å². The molecule has 1 aromatic heterocycles. The third kappa shape index (κ3) is 4.88. The van der Waals surface area contributed by atoms with Gasteiger partial charge < -0.3 is 5.32 Å². The Morgan fingerprint density at radius 2 is 2.00 bits per heavy atom. The molecule has 0 saturated heterocycles. The molecule has 2 rings (SSSR count). The Bertz CT molecular complexity index is 372. The lowest BCUT2D eigenvalue weighted by Gasteiger charge is -2.21. The summed E-state index contributed by atoms with van der Waals surface area (Å²) in [6.45, 7) is 8.76. The number of thiazole rings is 1. The van der Waals surface area contributed by atoms with Gasteiger partial charge in [0.25, 0.3) is 0 Å². The van der Waals surface area contributed by atoms with E-state index in [4.69, 9.17) is 4.98 Å². The maximum absolute atomic E-state index is 4.72. The van der Waals surface area contributed by atoms with E-state index in [1.54, 1.807) is 11.3 Å². The molecule has 19 heavy (non-hydrogen) atoms. The van der Waals surface area contributed by atoms with Gasteiger partial charge in [0.15, 0.2) is 0 Å². The molecule has 2 nitrogen and oxygen atoms in total. The molecule has 1 fully saturated rings. The van der Waals surface area contributed by atoms with Crippen molar-refractivity contribution in [3.63, 3.8) is 0 Å². The summed E-state index contributed by atoms with van der Waals surface area (Å²) in [5.74, 6) is 0.975. The molecule has 0 spiro atoms. The fraction of sp³-hybridized carbons (Fsp3) is 0.812. The van der Waals surface area contributed by atoms with Crippen LogP contribution in [0, 0.1) is 5.92 Å². The van der Waals surface area contributed by atoms with Gasteiger partial charge in [0.2, 0.25) is 0 Å². The van der Waals surface area contributed by atoms with Gasteiger partial charge in [0.05, 0.1) is 5.69 Å². The van der Waals surface area contributed by atoms with Crippen LogP contribution < -0.4 is 5.32 Å². The van der Waals surface area contributed by atoms with Crippen molar-refractivity contribution in [3.05, 3.63) is 16.1 Å². The maximum Gasteiger partial charge on any atom is 0.107 e. The zero-order chi connectivity index (χ0) is 13.7. The fourth-order valence-electron chi connectivity index (χ4n) is 2.71. The molecule has 1 saturated carbocycles. The Balaban J connectivity index is 1.66. The highest BCUT2D eigenvalue weighted by molar-refractivity contribution is 7.09. The monoisotopic (exact) mass is 280 g/mol. The molecule has 3 heteroatoms. The molecule has 108 valence electrons. The van der Waals surface area contributed by atoms with Gasteiger partial charge in [-0.05, 0) is 18.9 Å². The van der Waals surface area contributed by atoms with Crippen molar-refractivity contribution < 1.29 is 0 Å². The second-order valence-electron chi connectivity index (χ2n) is 6.85. The maximum atomic E-state index is 4.72. The fourth-order valence-corrected chi connectivity index (χ4v) is 3.70. The minimum Gasteiger partial charge on any atom is -0.310 e. The zero-order valence-electron chi connectivity index (χ0n) is 12.7. The van der Waals surface area contributed by atoms with Crippen LogP contribution in [0.4, 0.5) is 0 Å². The Morgan fingerprint density at radius 3 is 2.63 bits per heavy atom. The van der Waals surface area contributed by atoms with Crippen LogP contribution in [0.3, 0.4) is 0 Å². The first-order chi connectivity index (χ1) is 9.05. The molecule has 0 radical (unpaired) electrons. The van der Waals surface area contributed by atoms with Crippen molar-refractivity contribution in [2.45, 2.75) is 71.3 Å². The van der Waals surface area contributed by atoms with E-state index in [2.05, 4.69) is 31.5 Å². The Hall–Kier alpha value is -0.410. The van der Waals surface area contributed by atoms with E-state index in [-0.39, 0.29) is 5.41 Å². The van der Waals surface area contributed by atoms with Crippen LogP contribution >= 0.6 is 11.3 Å². The number of hydrogen-bond donors (Lipinski definition) is 1. The molecule has 1 aliphatic carbocycles. The molecule has 0 aliphatic heterocycles. The molecule has 1 aromatic rings. The van der Waals surface area contributed by atoms with Crippen molar-refractivity contribution in [1.82, 2.24) is 10.3 Å². The molecule has 1 N–H and O–H groups in total. The summed E-state index contributed by atoms with van der Waals surface area (Å²) in [6, 6.07) is 0. The molecular weight excluding hydrogens is 252 g/mol. The number of nitrogens with one attached hydrogen (secondary N) is 1. The molecular formula is C16H28N2S. The molecule has 0 unspecified atom stereocenters. The van der Waals surface area contributed by atoms with Gasteiger partial charge in [-0.15, -0.1) is 11.3 Å². The van der Waals surface area contributed by atoms with E-state index in [9.17, 15) is 0 Å². The van der Waals surface area contributed by atoms with Crippen molar-refractivity contribution in [2.75, 3.05) is 6.54 Å². The summed E-state index contributed by atoms with van der Waals surface area (Å²) in [4.78, 5) is 4.72. The van der Waals surface area contributed by atoms with Crippen molar-refractivity contribution in [3.8, 4) is 0 Å². The van der Waals surface area contributed by atoms with Crippen molar-refractivity contribution in [1.29, 1.82) is 0 Å². The van der Waals surface area contributed by atoms with Crippen LogP contribution in [-0.4, -0.2) is 11.5 Å². The first kappa shape index (κ1) is 15.0. The zero-order valence-corrected chi connectivity index (χ0v) is 13.5. The molecule has 0 atom stereocenters. The minimum absolute atomic E-state index is 0.177. The number of rotatable bonds is 5. The van der Waals surface area contributed by atoms with Crippen LogP contribution in [0.25, 0.3) is 0 Å². The first-order valence-electron chi connectivity index (χ1n) is 7.71. The summed E-state index contributed by atoms with van der Waals surface area (Å²) in [6.07, 6.45) is 8.61. The number of hydrogen-bond acceptors (Lipinski definition) is 3. The van der Waals surface area contributed by atoms with Gasteiger partial charge in [-0.1, -0.05) is 52.9 Å². The summed E-state index contributed by atoms with van der Waals surface area (Å²) >= 11 is 1.79. The average molecular weight is 280 g/mol. The predicted molar refractivity (Wildman–Crippen MR) is 83.7 cm³/mol. The van der Waals surface area contributed by atoms with Crippen LogP contribution in [-0.2, 0) is 12.0 Å². The third-order valence-electron chi connectivity index (χ3n) is 4.05.